The van der Waals surface area contributed by atoms with Crippen molar-refractivity contribution >= 4 is 33.0 Å². The van der Waals surface area contributed by atoms with Gasteiger partial charge in [0.2, 0.25) is 10.0 Å². The van der Waals surface area contributed by atoms with Gasteiger partial charge in [0, 0.05) is 25.8 Å². The highest BCUT2D eigenvalue weighted by molar-refractivity contribution is 7.89. The Morgan fingerprint density at radius 1 is 1.32 bits per heavy atom. The van der Waals surface area contributed by atoms with Crippen molar-refractivity contribution in [3.63, 3.8) is 0 Å². The van der Waals surface area contributed by atoms with Crippen molar-refractivity contribution in [2.45, 2.75) is 18.4 Å². The number of aryl methyl sites for hydroxylation is 1. The highest BCUT2D eigenvalue weighted by atomic mass is 32.2. The van der Waals surface area contributed by atoms with Gasteiger partial charge < -0.3 is 19.6 Å². The molecule has 28 heavy (non-hydrogen) atoms. The van der Waals surface area contributed by atoms with E-state index in [1.165, 1.54) is 23.3 Å². The van der Waals surface area contributed by atoms with Gasteiger partial charge in [-0.1, -0.05) is 11.2 Å². The number of thiocarbonyl (C=S) groups is 1. The minimum Gasteiger partial charge on any atom is -0.361 e. The normalized spacial score (nSPS) is 15.8. The standard InChI is InChI=1S/C18H25N5O3S2/c1-14-11-16(20-26-14)13-22-7-9-23(10-8-22)18(27)19-15-5-4-6-17(12-15)28(24,25)21(2)3/h4-6,11-12H,7-10,13H2,1-3H3,(H,19,27)/p+1. The van der Waals surface area contributed by atoms with Crippen LogP contribution >= 0.6 is 12.2 Å². The fourth-order valence-electron chi connectivity index (χ4n) is 3.11. The van der Waals surface area contributed by atoms with E-state index in [2.05, 4.69) is 15.4 Å². The summed E-state index contributed by atoms with van der Waals surface area (Å²) in [6.07, 6.45) is 0. The largest absolute Gasteiger partial charge is 0.361 e. The van der Waals surface area contributed by atoms with Crippen molar-refractivity contribution in [1.29, 1.82) is 0 Å². The molecule has 2 heterocycles. The Bertz CT molecular complexity index is 934. The van der Waals surface area contributed by atoms with E-state index in [0.717, 1.165) is 44.2 Å². The second-order valence-electron chi connectivity index (χ2n) is 7.09. The summed E-state index contributed by atoms with van der Waals surface area (Å²) in [7, 11) is -0.444. The molecular formula is C18H26N5O3S2+. The molecule has 0 bridgehead atoms. The lowest BCUT2D eigenvalue weighted by atomic mass is 10.3. The Balaban J connectivity index is 1.56. The average molecular weight is 425 g/mol. The first-order valence-electron chi connectivity index (χ1n) is 9.10. The molecule has 1 aliphatic heterocycles. The number of benzene rings is 1. The average Bonchev–Trinajstić information content (AvgIpc) is 3.07. The molecular weight excluding hydrogens is 398 g/mol. The van der Waals surface area contributed by atoms with E-state index >= 15 is 0 Å². The molecule has 1 aliphatic rings. The molecule has 152 valence electrons. The number of aromatic nitrogens is 1. The van der Waals surface area contributed by atoms with Crippen molar-refractivity contribution in [3.05, 3.63) is 41.8 Å². The second-order valence-corrected chi connectivity index (χ2v) is 9.63. The number of nitrogens with zero attached hydrogens (tertiary/aromatic N) is 3. The third kappa shape index (κ3) is 4.88. The highest BCUT2D eigenvalue weighted by Gasteiger charge is 2.23. The Labute approximate surface area is 171 Å². The lowest BCUT2D eigenvalue weighted by molar-refractivity contribution is -0.917. The van der Waals surface area contributed by atoms with Crippen molar-refractivity contribution in [3.8, 4) is 0 Å². The minimum atomic E-state index is -3.48. The van der Waals surface area contributed by atoms with Gasteiger partial charge in [0.25, 0.3) is 0 Å². The zero-order chi connectivity index (χ0) is 20.3. The van der Waals surface area contributed by atoms with E-state index in [9.17, 15) is 8.42 Å². The van der Waals surface area contributed by atoms with Crippen LogP contribution in [0.15, 0.2) is 39.8 Å². The quantitative estimate of drug-likeness (QED) is 0.670. The molecule has 0 atom stereocenters. The Morgan fingerprint density at radius 3 is 2.64 bits per heavy atom. The molecule has 2 N–H and O–H groups in total. The maximum Gasteiger partial charge on any atom is 0.242 e. The van der Waals surface area contributed by atoms with Crippen LogP contribution in [0.4, 0.5) is 5.69 Å². The zero-order valence-corrected chi connectivity index (χ0v) is 17.9. The molecule has 3 rings (SSSR count). The summed E-state index contributed by atoms with van der Waals surface area (Å²) in [5, 5.41) is 7.84. The highest BCUT2D eigenvalue weighted by Crippen LogP contribution is 2.18. The van der Waals surface area contributed by atoms with Crippen molar-refractivity contribution in [2.24, 2.45) is 0 Å². The minimum absolute atomic E-state index is 0.238. The van der Waals surface area contributed by atoms with Crippen LogP contribution in [0.5, 0.6) is 0 Å². The van der Waals surface area contributed by atoms with E-state index in [-0.39, 0.29) is 4.90 Å². The number of anilines is 1. The summed E-state index contributed by atoms with van der Waals surface area (Å²) in [4.78, 5) is 3.79. The van der Waals surface area contributed by atoms with Crippen LogP contribution in [0.25, 0.3) is 0 Å². The first kappa shape index (κ1) is 20.7. The van der Waals surface area contributed by atoms with Crippen LogP contribution in [-0.4, -0.2) is 68.2 Å². The van der Waals surface area contributed by atoms with Crippen molar-refractivity contribution in [1.82, 2.24) is 14.4 Å². The maximum atomic E-state index is 12.3. The summed E-state index contributed by atoms with van der Waals surface area (Å²) in [6, 6.07) is 8.69. The number of hydrogen-bond donors (Lipinski definition) is 2. The van der Waals surface area contributed by atoms with Crippen molar-refractivity contribution in [2.75, 3.05) is 45.6 Å². The summed E-state index contributed by atoms with van der Waals surface area (Å²) >= 11 is 5.53. The molecule has 0 radical (unpaired) electrons. The van der Waals surface area contributed by atoms with Gasteiger partial charge in [-0.05, 0) is 37.3 Å². The van der Waals surface area contributed by atoms with Gasteiger partial charge in [0.1, 0.15) is 18.0 Å². The fraction of sp³-hybridized carbons (Fsp3) is 0.444. The van der Waals surface area contributed by atoms with E-state index < -0.39 is 10.0 Å². The van der Waals surface area contributed by atoms with Crippen LogP contribution in [0, 0.1) is 6.92 Å². The van der Waals surface area contributed by atoms with E-state index in [4.69, 9.17) is 16.7 Å². The topological polar surface area (TPSA) is 83.1 Å². The van der Waals surface area contributed by atoms with Gasteiger partial charge in [-0.15, -0.1) is 0 Å². The van der Waals surface area contributed by atoms with Gasteiger partial charge in [-0.3, -0.25) is 0 Å². The van der Waals surface area contributed by atoms with Crippen molar-refractivity contribution < 1.29 is 17.8 Å². The number of rotatable bonds is 5. The van der Waals surface area contributed by atoms with Gasteiger partial charge in [-0.2, -0.15) is 0 Å². The molecule has 8 nitrogen and oxygen atoms in total. The Morgan fingerprint density at radius 2 is 2.04 bits per heavy atom. The lowest BCUT2D eigenvalue weighted by Gasteiger charge is -2.33. The third-order valence-corrected chi connectivity index (χ3v) is 6.90. The first-order valence-corrected chi connectivity index (χ1v) is 10.9. The van der Waals surface area contributed by atoms with Crippen LogP contribution in [-0.2, 0) is 16.6 Å². The number of quaternary nitrogens is 1. The number of piperazine rings is 1. The second kappa shape index (κ2) is 8.56. The molecule has 0 unspecified atom stereocenters. The van der Waals surface area contributed by atoms with Gasteiger partial charge in [0.15, 0.2) is 5.11 Å². The lowest BCUT2D eigenvalue weighted by Crippen LogP contribution is -3.13. The summed E-state index contributed by atoms with van der Waals surface area (Å²) in [6.45, 7) is 6.29. The molecule has 0 spiro atoms. The zero-order valence-electron chi connectivity index (χ0n) is 16.3. The summed E-state index contributed by atoms with van der Waals surface area (Å²) in [5.41, 5.74) is 1.64. The molecule has 0 saturated carbocycles. The molecule has 2 aromatic rings. The smallest absolute Gasteiger partial charge is 0.242 e. The van der Waals surface area contributed by atoms with E-state index in [1.54, 1.807) is 18.2 Å². The van der Waals surface area contributed by atoms with Gasteiger partial charge in [0.05, 0.1) is 31.1 Å². The molecule has 10 heteroatoms. The first-order chi connectivity index (χ1) is 13.3. The summed E-state index contributed by atoms with van der Waals surface area (Å²) < 4.78 is 30.9. The van der Waals surface area contributed by atoms with Crippen LogP contribution in [0.2, 0.25) is 0 Å². The SMILES string of the molecule is Cc1cc(C[NH+]2CCN(C(=S)Nc3cccc(S(=O)(=O)N(C)C)c3)CC2)no1. The molecule has 0 amide bonds. The maximum absolute atomic E-state index is 12.3. The van der Waals surface area contributed by atoms with Crippen LogP contribution < -0.4 is 10.2 Å². The number of sulfonamides is 1. The number of hydrogen-bond acceptors (Lipinski definition) is 5. The van der Waals surface area contributed by atoms with E-state index in [0.29, 0.717) is 10.8 Å². The molecule has 1 saturated heterocycles. The van der Waals surface area contributed by atoms with Crippen LogP contribution in [0.1, 0.15) is 11.5 Å². The molecule has 1 fully saturated rings. The molecule has 1 aromatic carbocycles. The number of nitrogens with one attached hydrogen (secondary N) is 2. The fourth-order valence-corrected chi connectivity index (χ4v) is 4.36. The molecule has 0 aliphatic carbocycles. The van der Waals surface area contributed by atoms with Crippen LogP contribution in [0.3, 0.4) is 0 Å². The summed E-state index contributed by atoms with van der Waals surface area (Å²) in [5.74, 6) is 0.830. The van der Waals surface area contributed by atoms with Gasteiger partial charge >= 0.3 is 0 Å². The Hall–Kier alpha value is -2.01. The molecule has 1 aromatic heterocycles. The van der Waals surface area contributed by atoms with Gasteiger partial charge in [-0.25, -0.2) is 12.7 Å². The predicted octanol–water partition coefficient (Wildman–Crippen LogP) is 0.331. The Kier molecular flexibility index (Phi) is 6.33. The monoisotopic (exact) mass is 424 g/mol. The predicted molar refractivity (Wildman–Crippen MR) is 111 cm³/mol. The third-order valence-electron chi connectivity index (χ3n) is 4.73. The van der Waals surface area contributed by atoms with E-state index in [1.807, 2.05) is 19.1 Å².